The van der Waals surface area contributed by atoms with Crippen molar-refractivity contribution in [3.8, 4) is 0 Å². The zero-order valence-electron chi connectivity index (χ0n) is 20.3. The fourth-order valence-electron chi connectivity index (χ4n) is 5.33. The van der Waals surface area contributed by atoms with Crippen LogP contribution < -0.4 is 0 Å². The molecule has 2 aromatic carbocycles. The van der Waals surface area contributed by atoms with Crippen molar-refractivity contribution in [2.75, 3.05) is 19.8 Å². The molecular formula is C28H30ClNO5S. The summed E-state index contributed by atoms with van der Waals surface area (Å²) in [5.74, 6) is -1.10. The van der Waals surface area contributed by atoms with Crippen LogP contribution in [-0.2, 0) is 25.4 Å². The molecule has 6 nitrogen and oxygen atoms in total. The highest BCUT2D eigenvalue weighted by molar-refractivity contribution is 7.17. The lowest BCUT2D eigenvalue weighted by Crippen LogP contribution is -2.54. The van der Waals surface area contributed by atoms with Gasteiger partial charge >= 0.3 is 5.97 Å². The van der Waals surface area contributed by atoms with Gasteiger partial charge in [0.2, 0.25) is 0 Å². The number of amides is 1. The molecule has 3 aromatic rings. The van der Waals surface area contributed by atoms with Crippen LogP contribution in [0.1, 0.15) is 48.5 Å². The van der Waals surface area contributed by atoms with Gasteiger partial charge in [-0.2, -0.15) is 0 Å². The summed E-state index contributed by atoms with van der Waals surface area (Å²) in [5.41, 5.74) is 1.54. The number of hydrogen-bond donors (Lipinski definition) is 0. The van der Waals surface area contributed by atoms with Gasteiger partial charge in [-0.15, -0.1) is 11.3 Å². The van der Waals surface area contributed by atoms with Crippen molar-refractivity contribution in [1.29, 1.82) is 0 Å². The first-order chi connectivity index (χ1) is 17.5. The Morgan fingerprint density at radius 3 is 2.50 bits per heavy atom. The van der Waals surface area contributed by atoms with Gasteiger partial charge in [-0.05, 0) is 43.5 Å². The van der Waals surface area contributed by atoms with E-state index in [1.165, 1.54) is 11.3 Å². The Hall–Kier alpha value is -2.45. The third-order valence-corrected chi connectivity index (χ3v) is 8.32. The molecule has 5 rings (SSSR count). The van der Waals surface area contributed by atoms with E-state index in [0.717, 1.165) is 15.6 Å². The number of esters is 1. The third-order valence-electron chi connectivity index (χ3n) is 7.11. The van der Waals surface area contributed by atoms with Crippen LogP contribution in [0.15, 0.2) is 53.9 Å². The highest BCUT2D eigenvalue weighted by atomic mass is 35.5. The summed E-state index contributed by atoms with van der Waals surface area (Å²) in [6, 6.07) is 14.4. The van der Waals surface area contributed by atoms with E-state index in [9.17, 15) is 9.59 Å². The van der Waals surface area contributed by atoms with Crippen molar-refractivity contribution in [1.82, 2.24) is 4.90 Å². The van der Waals surface area contributed by atoms with E-state index in [4.69, 9.17) is 25.8 Å². The van der Waals surface area contributed by atoms with Crippen LogP contribution in [0, 0.1) is 0 Å². The third kappa shape index (κ3) is 5.16. The minimum absolute atomic E-state index is 0.142. The lowest BCUT2D eigenvalue weighted by Gasteiger charge is -2.43. The van der Waals surface area contributed by atoms with Gasteiger partial charge in [0.25, 0.3) is 5.91 Å². The van der Waals surface area contributed by atoms with Crippen LogP contribution in [0.25, 0.3) is 10.1 Å². The number of carbonyl (C=O) groups is 2. The first kappa shape index (κ1) is 25.2. The fourth-order valence-corrected chi connectivity index (χ4v) is 6.39. The quantitative estimate of drug-likeness (QED) is 0.360. The lowest BCUT2D eigenvalue weighted by atomic mass is 9.87. The molecule has 1 aliphatic heterocycles. The average Bonchev–Trinajstić information content (AvgIpc) is 3.53. The topological polar surface area (TPSA) is 65.1 Å². The molecule has 2 aliphatic rings. The van der Waals surface area contributed by atoms with Crippen LogP contribution in [0.3, 0.4) is 0 Å². The first-order valence-corrected chi connectivity index (χ1v) is 13.7. The van der Waals surface area contributed by atoms with Crippen LogP contribution in [0.4, 0.5) is 0 Å². The first-order valence-electron chi connectivity index (χ1n) is 12.5. The number of hydrogen-bond acceptors (Lipinski definition) is 6. The van der Waals surface area contributed by atoms with E-state index in [-0.39, 0.29) is 18.6 Å². The second-order valence-electron chi connectivity index (χ2n) is 9.30. The Bertz CT molecular complexity index is 1210. The van der Waals surface area contributed by atoms with Gasteiger partial charge in [-0.3, -0.25) is 4.79 Å². The Morgan fingerprint density at radius 2 is 1.81 bits per heavy atom. The van der Waals surface area contributed by atoms with E-state index in [1.54, 1.807) is 24.0 Å². The predicted octanol–water partition coefficient (Wildman–Crippen LogP) is 5.86. The van der Waals surface area contributed by atoms with Gasteiger partial charge in [0, 0.05) is 45.8 Å². The van der Waals surface area contributed by atoms with Crippen LogP contribution in [0.2, 0.25) is 5.02 Å². The van der Waals surface area contributed by atoms with Crippen molar-refractivity contribution in [2.45, 2.75) is 56.9 Å². The molecule has 190 valence electrons. The number of halogens is 1. The van der Waals surface area contributed by atoms with Gasteiger partial charge in [0.1, 0.15) is 6.04 Å². The summed E-state index contributed by atoms with van der Waals surface area (Å²) in [5, 5.41) is 3.43. The van der Waals surface area contributed by atoms with Gasteiger partial charge in [0.05, 0.1) is 25.4 Å². The maximum Gasteiger partial charge on any atom is 0.329 e. The molecule has 1 amide bonds. The smallest absolute Gasteiger partial charge is 0.329 e. The number of carbonyl (C=O) groups excluding carboxylic acids is 2. The molecular weight excluding hydrogens is 498 g/mol. The average molecular weight is 528 g/mol. The molecule has 0 radical (unpaired) electrons. The van der Waals surface area contributed by atoms with Gasteiger partial charge in [0.15, 0.2) is 5.79 Å². The van der Waals surface area contributed by atoms with Crippen molar-refractivity contribution in [3.63, 3.8) is 0 Å². The molecule has 1 aromatic heterocycles. The molecule has 1 spiro atoms. The summed E-state index contributed by atoms with van der Waals surface area (Å²) in [6.45, 7) is 3.22. The second kappa shape index (κ2) is 10.9. The zero-order valence-corrected chi connectivity index (χ0v) is 21.9. The molecule has 1 atom stereocenters. The molecule has 0 N–H and O–H groups in total. The Kier molecular flexibility index (Phi) is 7.62. The zero-order chi connectivity index (χ0) is 25.1. The number of benzene rings is 2. The monoisotopic (exact) mass is 527 g/mol. The predicted molar refractivity (Wildman–Crippen MR) is 140 cm³/mol. The highest BCUT2D eigenvalue weighted by Crippen LogP contribution is 2.39. The van der Waals surface area contributed by atoms with Crippen LogP contribution in [-0.4, -0.2) is 54.5 Å². The van der Waals surface area contributed by atoms with E-state index in [0.29, 0.717) is 55.9 Å². The summed E-state index contributed by atoms with van der Waals surface area (Å²) in [6.07, 6.45) is 3.08. The molecule has 36 heavy (non-hydrogen) atoms. The normalized spacial score (nSPS) is 18.4. The number of rotatable bonds is 7. The Labute approximate surface area is 220 Å². The standard InChI is InChI=1S/C28H30ClNO5S/c1-2-33-27(32)24(17-19-7-9-20(29)10-8-19)30(21-11-13-28(14-12-21)34-15-16-35-28)26(31)23-18-36-25-6-4-3-5-22(23)25/h3-10,18,21,24H,2,11-17H2,1H3. The van der Waals surface area contributed by atoms with E-state index < -0.39 is 17.8 Å². The summed E-state index contributed by atoms with van der Waals surface area (Å²) in [4.78, 5) is 29.4. The number of fused-ring (bicyclic) bond motifs is 1. The lowest BCUT2D eigenvalue weighted by molar-refractivity contribution is -0.184. The summed E-state index contributed by atoms with van der Waals surface area (Å²) in [7, 11) is 0. The van der Waals surface area contributed by atoms with Crippen molar-refractivity contribution in [3.05, 3.63) is 70.1 Å². The molecule has 0 bridgehead atoms. The number of thiophene rings is 1. The van der Waals surface area contributed by atoms with E-state index >= 15 is 0 Å². The maximum atomic E-state index is 14.3. The second-order valence-corrected chi connectivity index (χ2v) is 10.6. The van der Waals surface area contributed by atoms with Gasteiger partial charge in [-0.25, -0.2) is 4.79 Å². The van der Waals surface area contributed by atoms with Gasteiger partial charge < -0.3 is 19.1 Å². The van der Waals surface area contributed by atoms with Crippen molar-refractivity contribution in [2.24, 2.45) is 0 Å². The molecule has 1 saturated heterocycles. The van der Waals surface area contributed by atoms with E-state index in [2.05, 4.69) is 0 Å². The highest BCUT2D eigenvalue weighted by Gasteiger charge is 2.45. The number of nitrogens with zero attached hydrogens (tertiary/aromatic N) is 1. The Morgan fingerprint density at radius 1 is 1.11 bits per heavy atom. The summed E-state index contributed by atoms with van der Waals surface area (Å²) < 4.78 is 18.4. The SMILES string of the molecule is CCOC(=O)C(Cc1ccc(Cl)cc1)N(C(=O)c1csc2ccccc12)C1CCC2(CC1)OCCO2. The summed E-state index contributed by atoms with van der Waals surface area (Å²) >= 11 is 7.64. The fraction of sp³-hybridized carbons (Fsp3) is 0.429. The van der Waals surface area contributed by atoms with E-state index in [1.807, 2.05) is 41.8 Å². The number of ether oxygens (including phenoxy) is 3. The molecule has 1 saturated carbocycles. The molecule has 2 fully saturated rings. The minimum Gasteiger partial charge on any atom is -0.464 e. The van der Waals surface area contributed by atoms with Gasteiger partial charge in [-0.1, -0.05) is 41.9 Å². The Balaban J connectivity index is 1.51. The van der Waals surface area contributed by atoms with Crippen molar-refractivity contribution < 1.29 is 23.8 Å². The van der Waals surface area contributed by atoms with Crippen LogP contribution >= 0.6 is 22.9 Å². The molecule has 2 heterocycles. The largest absolute Gasteiger partial charge is 0.464 e. The van der Waals surface area contributed by atoms with Crippen molar-refractivity contribution >= 4 is 44.9 Å². The maximum absolute atomic E-state index is 14.3. The molecule has 1 aliphatic carbocycles. The van der Waals surface area contributed by atoms with Crippen LogP contribution in [0.5, 0.6) is 0 Å². The molecule has 8 heteroatoms. The molecule has 1 unspecified atom stereocenters. The minimum atomic E-state index is -0.762.